The van der Waals surface area contributed by atoms with Crippen LogP contribution in [0.15, 0.2) is 47.4 Å². The van der Waals surface area contributed by atoms with Gasteiger partial charge in [-0.05, 0) is 85.4 Å². The van der Waals surface area contributed by atoms with E-state index in [1.165, 1.54) is 56.6 Å². The van der Waals surface area contributed by atoms with Gasteiger partial charge in [0.15, 0.2) is 0 Å². The van der Waals surface area contributed by atoms with Crippen molar-refractivity contribution in [2.75, 3.05) is 32.5 Å². The van der Waals surface area contributed by atoms with Crippen molar-refractivity contribution in [3.8, 4) is 5.75 Å². The first-order valence-electron chi connectivity index (χ1n) is 10.8. The smallest absolute Gasteiger partial charge is 0.414 e. The summed E-state index contributed by atoms with van der Waals surface area (Å²) in [5.74, 6) is 0.973. The number of ether oxygens (including phenoxy) is 1. The van der Waals surface area contributed by atoms with E-state index >= 15 is 0 Å². The second-order valence-electron chi connectivity index (χ2n) is 8.12. The van der Waals surface area contributed by atoms with Gasteiger partial charge in [-0.25, -0.2) is 9.59 Å². The molecule has 2 unspecified atom stereocenters. The summed E-state index contributed by atoms with van der Waals surface area (Å²) < 4.78 is 5.56. The summed E-state index contributed by atoms with van der Waals surface area (Å²) in [6.45, 7) is 3.70. The Kier molecular flexibility index (Phi) is 8.60. The standard InChI is InChI=1S/C22H29NOS.C2H2O4/c1-24-21-7-3-2-6-19(21)18-10-14-23(15-11-18)13-9-17-5-4-8-22-20(17)12-16-25-22;3-1(4)2(5)6/h2-8,17-18,20H,9-16H2,1H3;(H,3,4)(H,5,6). The normalized spacial score (nSPS) is 23.3. The first-order chi connectivity index (χ1) is 15.0. The lowest BCUT2D eigenvalue weighted by molar-refractivity contribution is -0.159. The Morgan fingerprint density at radius 2 is 1.84 bits per heavy atom. The molecule has 0 bridgehead atoms. The lowest BCUT2D eigenvalue weighted by Gasteiger charge is -2.34. The van der Waals surface area contributed by atoms with Crippen molar-refractivity contribution in [3.05, 3.63) is 53.0 Å². The van der Waals surface area contributed by atoms with Crippen LogP contribution in [0.1, 0.15) is 37.2 Å². The van der Waals surface area contributed by atoms with Gasteiger partial charge in [-0.1, -0.05) is 36.4 Å². The van der Waals surface area contributed by atoms with Crippen LogP contribution in [-0.4, -0.2) is 59.5 Å². The topological polar surface area (TPSA) is 87.1 Å². The monoisotopic (exact) mass is 445 g/mol. The molecule has 0 aromatic heterocycles. The number of aliphatic carboxylic acids is 2. The molecular formula is C24H31NO5S. The highest BCUT2D eigenvalue weighted by Gasteiger charge is 2.30. The van der Waals surface area contributed by atoms with E-state index in [1.807, 2.05) is 0 Å². The summed E-state index contributed by atoms with van der Waals surface area (Å²) in [5, 5.41) is 14.8. The van der Waals surface area contributed by atoms with Crippen LogP contribution in [0, 0.1) is 11.8 Å². The molecule has 1 aromatic rings. The molecule has 1 aliphatic carbocycles. The molecule has 2 N–H and O–H groups in total. The number of benzene rings is 1. The fraction of sp³-hybridized carbons (Fsp3) is 0.500. The largest absolute Gasteiger partial charge is 0.496 e. The number of carboxylic acids is 2. The van der Waals surface area contributed by atoms with E-state index in [0.29, 0.717) is 5.92 Å². The molecule has 6 nitrogen and oxygen atoms in total. The van der Waals surface area contributed by atoms with E-state index in [9.17, 15) is 0 Å². The molecule has 1 aromatic carbocycles. The molecule has 31 heavy (non-hydrogen) atoms. The Balaban J connectivity index is 0.000000401. The van der Waals surface area contributed by atoms with Crippen LogP contribution >= 0.6 is 11.8 Å². The zero-order valence-corrected chi connectivity index (χ0v) is 18.7. The molecule has 2 aliphatic heterocycles. The molecule has 7 heteroatoms. The third-order valence-electron chi connectivity index (χ3n) is 6.33. The Labute approximate surface area is 188 Å². The fourth-order valence-electron chi connectivity index (χ4n) is 4.68. The SMILES string of the molecule is COc1ccccc1C1CCN(CCC2C=CC=C3SCCC32)CC1.O=C(O)C(=O)O. The lowest BCUT2D eigenvalue weighted by atomic mass is 9.83. The minimum absolute atomic E-state index is 0.655. The molecule has 2 heterocycles. The van der Waals surface area contributed by atoms with Gasteiger partial charge in [-0.2, -0.15) is 0 Å². The van der Waals surface area contributed by atoms with Gasteiger partial charge in [0.2, 0.25) is 0 Å². The summed E-state index contributed by atoms with van der Waals surface area (Å²) in [5.41, 5.74) is 1.40. The molecular weight excluding hydrogens is 414 g/mol. The number of nitrogens with zero attached hydrogens (tertiary/aromatic N) is 1. The van der Waals surface area contributed by atoms with Crippen LogP contribution in [0.5, 0.6) is 5.75 Å². The Bertz CT molecular complexity index is 817. The zero-order chi connectivity index (χ0) is 22.2. The summed E-state index contributed by atoms with van der Waals surface area (Å²) in [6.07, 6.45) is 12.3. The number of thioether (sulfide) groups is 1. The maximum absolute atomic E-state index is 9.10. The maximum atomic E-state index is 9.10. The highest BCUT2D eigenvalue weighted by atomic mass is 32.2. The van der Waals surface area contributed by atoms with Gasteiger partial charge >= 0.3 is 11.9 Å². The molecule has 2 atom stereocenters. The summed E-state index contributed by atoms with van der Waals surface area (Å²) >= 11 is 2.08. The van der Waals surface area contributed by atoms with Gasteiger partial charge in [-0.3, -0.25) is 0 Å². The number of rotatable bonds is 5. The third kappa shape index (κ3) is 6.37. The van der Waals surface area contributed by atoms with Crippen LogP contribution in [-0.2, 0) is 9.59 Å². The average molecular weight is 446 g/mol. The van der Waals surface area contributed by atoms with E-state index in [0.717, 1.165) is 17.6 Å². The number of likely N-dealkylation sites (tertiary alicyclic amines) is 1. The number of carbonyl (C=O) groups is 2. The molecule has 0 saturated carbocycles. The predicted molar refractivity (Wildman–Crippen MR) is 123 cm³/mol. The van der Waals surface area contributed by atoms with E-state index in [-0.39, 0.29) is 0 Å². The van der Waals surface area contributed by atoms with Gasteiger partial charge in [0.1, 0.15) is 5.75 Å². The van der Waals surface area contributed by atoms with Crippen LogP contribution in [0.25, 0.3) is 0 Å². The first kappa shape index (κ1) is 23.4. The minimum atomic E-state index is -1.82. The number of allylic oxidation sites excluding steroid dienone is 4. The highest BCUT2D eigenvalue weighted by molar-refractivity contribution is 8.03. The fourth-order valence-corrected chi connectivity index (χ4v) is 5.97. The summed E-state index contributed by atoms with van der Waals surface area (Å²) in [4.78, 5) is 22.5. The van der Waals surface area contributed by atoms with Crippen molar-refractivity contribution in [1.82, 2.24) is 4.90 Å². The predicted octanol–water partition coefficient (Wildman–Crippen LogP) is 4.24. The third-order valence-corrected chi connectivity index (χ3v) is 7.54. The van der Waals surface area contributed by atoms with E-state index in [2.05, 4.69) is 59.2 Å². The van der Waals surface area contributed by atoms with Crippen LogP contribution in [0.4, 0.5) is 0 Å². The summed E-state index contributed by atoms with van der Waals surface area (Å²) in [6, 6.07) is 8.56. The van der Waals surface area contributed by atoms with Crippen molar-refractivity contribution < 1.29 is 24.5 Å². The molecule has 0 radical (unpaired) electrons. The van der Waals surface area contributed by atoms with Crippen LogP contribution in [0.3, 0.4) is 0 Å². The van der Waals surface area contributed by atoms with Gasteiger partial charge in [0, 0.05) is 0 Å². The van der Waals surface area contributed by atoms with Crippen LogP contribution in [0.2, 0.25) is 0 Å². The molecule has 4 rings (SSSR count). The number of carboxylic acid groups (broad SMARTS) is 2. The van der Waals surface area contributed by atoms with Crippen molar-refractivity contribution >= 4 is 23.7 Å². The average Bonchev–Trinajstić information content (AvgIpc) is 3.28. The van der Waals surface area contributed by atoms with Gasteiger partial charge in [0.05, 0.1) is 7.11 Å². The Morgan fingerprint density at radius 3 is 2.52 bits per heavy atom. The molecule has 2 saturated heterocycles. The second kappa shape index (κ2) is 11.4. The van der Waals surface area contributed by atoms with Gasteiger partial charge in [-0.15, -0.1) is 11.8 Å². The lowest BCUT2D eigenvalue weighted by Crippen LogP contribution is -2.35. The number of para-hydroxylation sites is 1. The van der Waals surface area contributed by atoms with Gasteiger partial charge in [0.25, 0.3) is 0 Å². The second-order valence-corrected chi connectivity index (χ2v) is 9.29. The number of methoxy groups -OCH3 is 1. The van der Waals surface area contributed by atoms with Crippen LogP contribution < -0.4 is 4.74 Å². The number of fused-ring (bicyclic) bond motifs is 1. The van der Waals surface area contributed by atoms with Gasteiger partial charge < -0.3 is 19.8 Å². The highest BCUT2D eigenvalue weighted by Crippen LogP contribution is 2.44. The Morgan fingerprint density at radius 1 is 1.13 bits per heavy atom. The number of hydrogen-bond acceptors (Lipinski definition) is 5. The molecule has 168 valence electrons. The zero-order valence-electron chi connectivity index (χ0n) is 17.9. The molecule has 0 amide bonds. The number of hydrogen-bond donors (Lipinski definition) is 2. The number of piperidine rings is 1. The van der Waals surface area contributed by atoms with Crippen molar-refractivity contribution in [1.29, 1.82) is 0 Å². The maximum Gasteiger partial charge on any atom is 0.414 e. The quantitative estimate of drug-likeness (QED) is 0.656. The van der Waals surface area contributed by atoms with E-state index in [1.54, 1.807) is 12.0 Å². The Hall–Kier alpha value is -2.25. The summed E-state index contributed by atoms with van der Waals surface area (Å²) in [7, 11) is 1.79. The molecule has 3 aliphatic rings. The first-order valence-corrected chi connectivity index (χ1v) is 11.8. The van der Waals surface area contributed by atoms with Crippen molar-refractivity contribution in [2.24, 2.45) is 11.8 Å². The van der Waals surface area contributed by atoms with Crippen molar-refractivity contribution in [2.45, 2.75) is 31.6 Å². The molecule has 0 spiro atoms. The molecule has 2 fully saturated rings. The van der Waals surface area contributed by atoms with Crippen molar-refractivity contribution in [3.63, 3.8) is 0 Å². The van der Waals surface area contributed by atoms with E-state index < -0.39 is 11.9 Å². The minimum Gasteiger partial charge on any atom is -0.496 e. The van der Waals surface area contributed by atoms with E-state index in [4.69, 9.17) is 24.5 Å².